The molecule has 0 aliphatic rings. The average molecular weight is 259 g/mol. The summed E-state index contributed by atoms with van der Waals surface area (Å²) in [6.45, 7) is 2.08. The van der Waals surface area contributed by atoms with E-state index in [1.54, 1.807) is 18.7 Å². The Hall–Kier alpha value is -2.30. The Balaban J connectivity index is 2.37. The first-order valence-corrected chi connectivity index (χ1v) is 6.15. The number of anilines is 1. The van der Waals surface area contributed by atoms with Gasteiger partial charge < -0.3 is 10.5 Å². The summed E-state index contributed by atoms with van der Waals surface area (Å²) in [6.07, 6.45) is 0.593. The van der Waals surface area contributed by atoms with E-state index in [2.05, 4.69) is 5.10 Å². The molecule has 5 nitrogen and oxygen atoms in total. The zero-order chi connectivity index (χ0) is 13.8. The summed E-state index contributed by atoms with van der Waals surface area (Å²) in [5.74, 6) is -0.203. The minimum Gasteiger partial charge on any atom is -0.462 e. The van der Waals surface area contributed by atoms with Gasteiger partial charge in [-0.05, 0) is 12.5 Å². The Labute approximate surface area is 112 Å². The molecule has 5 heteroatoms. The molecule has 2 aromatic rings. The van der Waals surface area contributed by atoms with E-state index in [4.69, 9.17) is 10.5 Å². The molecule has 1 aromatic carbocycles. The first kappa shape index (κ1) is 13.1. The molecule has 0 saturated heterocycles. The summed E-state index contributed by atoms with van der Waals surface area (Å²) in [6, 6.07) is 9.86. The summed E-state index contributed by atoms with van der Waals surface area (Å²) in [5.41, 5.74) is 8.02. The van der Waals surface area contributed by atoms with Gasteiger partial charge in [0, 0.05) is 13.5 Å². The van der Waals surface area contributed by atoms with Gasteiger partial charge in [0.15, 0.2) is 5.82 Å². The van der Waals surface area contributed by atoms with Crippen molar-refractivity contribution in [3.05, 3.63) is 47.2 Å². The maximum Gasteiger partial charge on any atom is 0.343 e. The molecule has 0 spiro atoms. The lowest BCUT2D eigenvalue weighted by Crippen LogP contribution is -2.10. The predicted molar refractivity (Wildman–Crippen MR) is 72.8 cm³/mol. The van der Waals surface area contributed by atoms with Crippen molar-refractivity contribution < 1.29 is 9.53 Å². The largest absolute Gasteiger partial charge is 0.462 e. The number of esters is 1. The van der Waals surface area contributed by atoms with Gasteiger partial charge in [0.2, 0.25) is 0 Å². The van der Waals surface area contributed by atoms with Gasteiger partial charge >= 0.3 is 5.97 Å². The van der Waals surface area contributed by atoms with Gasteiger partial charge in [-0.25, -0.2) is 4.79 Å². The molecule has 2 N–H and O–H groups in total. The van der Waals surface area contributed by atoms with Crippen LogP contribution in [0.25, 0.3) is 0 Å². The third-order valence-corrected chi connectivity index (χ3v) is 2.89. The fourth-order valence-corrected chi connectivity index (χ4v) is 2.00. The van der Waals surface area contributed by atoms with Crippen LogP contribution < -0.4 is 5.73 Å². The van der Waals surface area contributed by atoms with Crippen LogP contribution in [0.4, 0.5) is 5.82 Å². The van der Waals surface area contributed by atoms with Crippen molar-refractivity contribution in [3.63, 3.8) is 0 Å². The van der Waals surface area contributed by atoms with E-state index in [0.717, 1.165) is 11.3 Å². The van der Waals surface area contributed by atoms with Crippen molar-refractivity contribution in [2.75, 3.05) is 12.3 Å². The van der Waals surface area contributed by atoms with Crippen molar-refractivity contribution in [1.82, 2.24) is 9.78 Å². The Morgan fingerprint density at radius 3 is 2.68 bits per heavy atom. The summed E-state index contributed by atoms with van der Waals surface area (Å²) < 4.78 is 6.66. The van der Waals surface area contributed by atoms with E-state index in [1.165, 1.54) is 0 Å². The van der Waals surface area contributed by atoms with Gasteiger partial charge in [-0.15, -0.1) is 0 Å². The van der Waals surface area contributed by atoms with Crippen LogP contribution in [-0.4, -0.2) is 22.4 Å². The van der Waals surface area contributed by atoms with E-state index < -0.39 is 5.97 Å². The number of nitrogens with two attached hydrogens (primary N) is 1. The number of nitrogens with zero attached hydrogens (tertiary/aromatic N) is 2. The van der Waals surface area contributed by atoms with E-state index in [1.807, 2.05) is 30.3 Å². The second kappa shape index (κ2) is 5.56. The number of aromatic nitrogens is 2. The average Bonchev–Trinajstić information content (AvgIpc) is 2.66. The zero-order valence-corrected chi connectivity index (χ0v) is 11.1. The minimum atomic E-state index is -0.418. The molecule has 0 fully saturated rings. The smallest absolute Gasteiger partial charge is 0.343 e. The Morgan fingerprint density at radius 2 is 2.05 bits per heavy atom. The number of carbonyl (C=O) groups excluding carboxylic acids is 1. The fraction of sp³-hybridized carbons (Fsp3) is 0.286. The predicted octanol–water partition coefficient (Wildman–Crippen LogP) is 1.77. The molecule has 0 bridgehead atoms. The van der Waals surface area contributed by atoms with Crippen LogP contribution in [0.3, 0.4) is 0 Å². The van der Waals surface area contributed by atoms with Crippen LogP contribution in [0.1, 0.15) is 28.5 Å². The Bertz CT molecular complexity index is 576. The number of ether oxygens (including phenoxy) is 1. The van der Waals surface area contributed by atoms with Crippen molar-refractivity contribution in [1.29, 1.82) is 0 Å². The Morgan fingerprint density at radius 1 is 1.37 bits per heavy atom. The summed E-state index contributed by atoms with van der Waals surface area (Å²) in [4.78, 5) is 11.9. The standard InChI is InChI=1S/C14H17N3O2/c1-3-19-14(18)12-11(17(2)16-13(12)15)9-10-7-5-4-6-8-10/h4-8H,3,9H2,1-2H3,(H2,15,16). The molecule has 0 aliphatic carbocycles. The maximum atomic E-state index is 11.9. The molecule has 0 saturated carbocycles. The third kappa shape index (κ3) is 2.76. The Kier molecular flexibility index (Phi) is 3.85. The van der Waals surface area contributed by atoms with Crippen molar-refractivity contribution in [2.45, 2.75) is 13.3 Å². The molecule has 0 aliphatic heterocycles. The molecule has 19 heavy (non-hydrogen) atoms. The molecule has 2 rings (SSSR count). The summed E-state index contributed by atoms with van der Waals surface area (Å²) >= 11 is 0. The molecular weight excluding hydrogens is 242 g/mol. The van der Waals surface area contributed by atoms with Crippen LogP contribution in [0.2, 0.25) is 0 Å². The molecule has 1 heterocycles. The zero-order valence-electron chi connectivity index (χ0n) is 11.1. The number of hydrogen-bond donors (Lipinski definition) is 1. The van der Waals surface area contributed by atoms with Crippen LogP contribution in [0, 0.1) is 0 Å². The lowest BCUT2D eigenvalue weighted by molar-refractivity contribution is 0.0526. The van der Waals surface area contributed by atoms with Gasteiger partial charge in [-0.2, -0.15) is 5.10 Å². The molecule has 0 radical (unpaired) electrons. The monoisotopic (exact) mass is 259 g/mol. The second-order valence-electron chi connectivity index (χ2n) is 4.21. The topological polar surface area (TPSA) is 70.1 Å². The third-order valence-electron chi connectivity index (χ3n) is 2.89. The first-order chi connectivity index (χ1) is 9.13. The highest BCUT2D eigenvalue weighted by atomic mass is 16.5. The first-order valence-electron chi connectivity index (χ1n) is 6.15. The SMILES string of the molecule is CCOC(=O)c1c(N)nn(C)c1Cc1ccccc1. The van der Waals surface area contributed by atoms with E-state index in [9.17, 15) is 4.79 Å². The number of nitrogen functional groups attached to an aromatic ring is 1. The maximum absolute atomic E-state index is 11.9. The molecule has 1 aromatic heterocycles. The summed E-state index contributed by atoms with van der Waals surface area (Å²) in [7, 11) is 1.78. The fourth-order valence-electron chi connectivity index (χ4n) is 2.00. The van der Waals surface area contributed by atoms with Crippen LogP contribution in [-0.2, 0) is 18.2 Å². The van der Waals surface area contributed by atoms with Gasteiger partial charge in [-0.3, -0.25) is 4.68 Å². The van der Waals surface area contributed by atoms with Crippen LogP contribution in [0.5, 0.6) is 0 Å². The van der Waals surface area contributed by atoms with Crippen LogP contribution in [0.15, 0.2) is 30.3 Å². The highest BCUT2D eigenvalue weighted by molar-refractivity contribution is 5.95. The van der Waals surface area contributed by atoms with E-state index in [-0.39, 0.29) is 5.82 Å². The van der Waals surface area contributed by atoms with Crippen molar-refractivity contribution >= 4 is 11.8 Å². The lowest BCUT2D eigenvalue weighted by atomic mass is 10.1. The highest BCUT2D eigenvalue weighted by Gasteiger charge is 2.22. The normalized spacial score (nSPS) is 10.4. The molecular formula is C14H17N3O2. The number of carbonyl (C=O) groups is 1. The minimum absolute atomic E-state index is 0.215. The van der Waals surface area contributed by atoms with Gasteiger partial charge in [0.25, 0.3) is 0 Å². The van der Waals surface area contributed by atoms with Crippen LogP contribution >= 0.6 is 0 Å². The van der Waals surface area contributed by atoms with E-state index >= 15 is 0 Å². The lowest BCUT2D eigenvalue weighted by Gasteiger charge is -2.06. The number of hydrogen-bond acceptors (Lipinski definition) is 4. The van der Waals surface area contributed by atoms with Crippen molar-refractivity contribution in [3.8, 4) is 0 Å². The molecule has 0 atom stereocenters. The van der Waals surface area contributed by atoms with Gasteiger partial charge in [-0.1, -0.05) is 30.3 Å². The van der Waals surface area contributed by atoms with Gasteiger partial charge in [0.05, 0.1) is 12.3 Å². The number of rotatable bonds is 4. The van der Waals surface area contributed by atoms with Crippen molar-refractivity contribution in [2.24, 2.45) is 7.05 Å². The second-order valence-corrected chi connectivity index (χ2v) is 4.21. The quantitative estimate of drug-likeness (QED) is 0.849. The molecule has 0 unspecified atom stereocenters. The number of benzene rings is 1. The molecule has 0 amide bonds. The number of aryl methyl sites for hydroxylation is 1. The highest BCUT2D eigenvalue weighted by Crippen LogP contribution is 2.20. The summed E-state index contributed by atoms with van der Waals surface area (Å²) in [5, 5.41) is 4.10. The van der Waals surface area contributed by atoms with E-state index in [0.29, 0.717) is 18.6 Å². The van der Waals surface area contributed by atoms with Gasteiger partial charge in [0.1, 0.15) is 5.56 Å². The molecule has 100 valence electrons.